The summed E-state index contributed by atoms with van der Waals surface area (Å²) in [5, 5.41) is 12.4. The Balaban J connectivity index is 2.18. The van der Waals surface area contributed by atoms with Gasteiger partial charge in [-0.05, 0) is 24.1 Å². The zero-order chi connectivity index (χ0) is 17.7. The number of carbonyl (C=O) groups excluding carboxylic acids is 1. The fourth-order valence-corrected chi connectivity index (χ4v) is 2.31. The first-order valence-electron chi connectivity index (χ1n) is 7.78. The molecule has 3 N–H and O–H groups in total. The van der Waals surface area contributed by atoms with E-state index < -0.39 is 17.2 Å². The molecule has 128 valence electrons. The van der Waals surface area contributed by atoms with Crippen molar-refractivity contribution in [1.82, 2.24) is 15.3 Å². The third kappa shape index (κ3) is 4.18. The van der Waals surface area contributed by atoms with Gasteiger partial charge in [0.2, 0.25) is 5.75 Å². The Morgan fingerprint density at radius 3 is 2.67 bits per heavy atom. The van der Waals surface area contributed by atoms with Gasteiger partial charge in [0.15, 0.2) is 5.69 Å². The van der Waals surface area contributed by atoms with Crippen molar-refractivity contribution >= 4 is 5.91 Å². The Labute approximate surface area is 138 Å². The van der Waals surface area contributed by atoms with Crippen LogP contribution in [-0.2, 0) is 6.54 Å². The van der Waals surface area contributed by atoms with E-state index in [0.717, 1.165) is 12.8 Å². The summed E-state index contributed by atoms with van der Waals surface area (Å²) in [5.41, 5.74) is -0.359. The summed E-state index contributed by atoms with van der Waals surface area (Å²) in [6.45, 7) is 4.03. The number of carbonyl (C=O) groups is 1. The van der Waals surface area contributed by atoms with Crippen molar-refractivity contribution in [1.29, 1.82) is 0 Å². The van der Waals surface area contributed by atoms with Crippen molar-refractivity contribution < 1.29 is 14.3 Å². The highest BCUT2D eigenvalue weighted by Crippen LogP contribution is 2.18. The molecule has 0 radical (unpaired) electrons. The van der Waals surface area contributed by atoms with Gasteiger partial charge in [-0.1, -0.05) is 32.4 Å². The van der Waals surface area contributed by atoms with Gasteiger partial charge in [0.25, 0.3) is 11.5 Å². The van der Waals surface area contributed by atoms with Crippen LogP contribution in [0.5, 0.6) is 5.75 Å². The van der Waals surface area contributed by atoms with Crippen LogP contribution in [0.4, 0.5) is 4.39 Å². The SMILES string of the molecule is CCC[C@@H](C)c1nc(C(=O)NCc2ccc(F)cc2)c(O)c(=O)[nH]1. The summed E-state index contributed by atoms with van der Waals surface area (Å²) < 4.78 is 12.9. The molecule has 0 aliphatic carbocycles. The molecule has 6 nitrogen and oxygen atoms in total. The highest BCUT2D eigenvalue weighted by Gasteiger charge is 2.19. The van der Waals surface area contributed by atoms with E-state index in [9.17, 15) is 19.1 Å². The maximum absolute atomic E-state index is 12.9. The van der Waals surface area contributed by atoms with E-state index in [2.05, 4.69) is 15.3 Å². The van der Waals surface area contributed by atoms with Gasteiger partial charge in [-0.2, -0.15) is 0 Å². The number of amides is 1. The minimum Gasteiger partial charge on any atom is -0.501 e. The molecule has 1 aromatic heterocycles. The second-order valence-electron chi connectivity index (χ2n) is 5.65. The molecule has 0 saturated carbocycles. The van der Waals surface area contributed by atoms with Crippen LogP contribution in [0.3, 0.4) is 0 Å². The molecule has 0 bridgehead atoms. The van der Waals surface area contributed by atoms with Crippen LogP contribution < -0.4 is 10.9 Å². The van der Waals surface area contributed by atoms with Gasteiger partial charge in [-0.25, -0.2) is 9.37 Å². The number of hydrogen-bond donors (Lipinski definition) is 3. The number of H-pyrrole nitrogens is 1. The number of aromatic nitrogens is 2. The maximum Gasteiger partial charge on any atom is 0.293 e. The predicted molar refractivity (Wildman–Crippen MR) is 87.4 cm³/mol. The molecule has 2 rings (SSSR count). The lowest BCUT2D eigenvalue weighted by atomic mass is 10.1. The standard InChI is InChI=1S/C17H20FN3O3/c1-3-4-10(2)15-20-13(14(22)17(24)21-15)16(23)19-9-11-5-7-12(18)8-6-11/h5-8,10,22H,3-4,9H2,1-2H3,(H,19,23)(H,20,21,24)/t10-/m1/s1. The molecule has 1 amide bonds. The van der Waals surface area contributed by atoms with Gasteiger partial charge >= 0.3 is 0 Å². The number of aromatic hydroxyl groups is 1. The summed E-state index contributed by atoms with van der Waals surface area (Å²) in [5.74, 6) is -1.40. The van der Waals surface area contributed by atoms with Gasteiger partial charge in [-0.15, -0.1) is 0 Å². The largest absolute Gasteiger partial charge is 0.501 e. The Hall–Kier alpha value is -2.70. The van der Waals surface area contributed by atoms with Gasteiger partial charge < -0.3 is 15.4 Å². The summed E-state index contributed by atoms with van der Waals surface area (Å²) in [7, 11) is 0. The first kappa shape index (κ1) is 17.7. The van der Waals surface area contributed by atoms with E-state index in [1.165, 1.54) is 24.3 Å². The van der Waals surface area contributed by atoms with E-state index >= 15 is 0 Å². The van der Waals surface area contributed by atoms with E-state index in [4.69, 9.17) is 0 Å². The first-order chi connectivity index (χ1) is 11.4. The van der Waals surface area contributed by atoms with Crippen LogP contribution >= 0.6 is 0 Å². The van der Waals surface area contributed by atoms with Crippen molar-refractivity contribution in [3.05, 3.63) is 57.5 Å². The first-order valence-corrected chi connectivity index (χ1v) is 7.78. The number of halogens is 1. The molecule has 24 heavy (non-hydrogen) atoms. The number of aromatic amines is 1. The Bertz CT molecular complexity index is 772. The lowest BCUT2D eigenvalue weighted by molar-refractivity contribution is 0.0942. The highest BCUT2D eigenvalue weighted by atomic mass is 19.1. The number of benzene rings is 1. The molecule has 0 fully saturated rings. The van der Waals surface area contributed by atoms with E-state index in [0.29, 0.717) is 11.4 Å². The quantitative estimate of drug-likeness (QED) is 0.757. The van der Waals surface area contributed by atoms with Gasteiger partial charge in [-0.3, -0.25) is 9.59 Å². The fraction of sp³-hybridized carbons (Fsp3) is 0.353. The molecule has 2 aromatic rings. The summed E-state index contributed by atoms with van der Waals surface area (Å²) >= 11 is 0. The van der Waals surface area contributed by atoms with Crippen LogP contribution in [0.15, 0.2) is 29.1 Å². The molecular formula is C17H20FN3O3. The van der Waals surface area contributed by atoms with Gasteiger partial charge in [0, 0.05) is 12.5 Å². The second-order valence-corrected chi connectivity index (χ2v) is 5.65. The van der Waals surface area contributed by atoms with E-state index in [-0.39, 0.29) is 24.0 Å². The van der Waals surface area contributed by atoms with Crippen molar-refractivity contribution in [2.75, 3.05) is 0 Å². The second kappa shape index (κ2) is 7.72. The number of rotatable bonds is 6. The fourth-order valence-electron chi connectivity index (χ4n) is 2.31. The molecule has 0 aliphatic heterocycles. The van der Waals surface area contributed by atoms with Crippen LogP contribution in [0.1, 0.15) is 54.5 Å². The predicted octanol–water partition coefficient (Wildman–Crippen LogP) is 2.45. The molecule has 1 aromatic carbocycles. The number of nitrogens with one attached hydrogen (secondary N) is 2. The zero-order valence-electron chi connectivity index (χ0n) is 13.6. The average molecular weight is 333 g/mol. The van der Waals surface area contributed by atoms with Crippen LogP contribution in [-0.4, -0.2) is 21.0 Å². The third-order valence-electron chi connectivity index (χ3n) is 3.68. The summed E-state index contributed by atoms with van der Waals surface area (Å²) in [6.07, 6.45) is 1.70. The molecule has 7 heteroatoms. The topological polar surface area (TPSA) is 95.1 Å². The average Bonchev–Trinajstić information content (AvgIpc) is 2.56. The van der Waals surface area contributed by atoms with E-state index in [1.807, 2.05) is 13.8 Å². The monoisotopic (exact) mass is 333 g/mol. The minimum atomic E-state index is -0.741. The Kier molecular flexibility index (Phi) is 5.68. The minimum absolute atomic E-state index is 0.0352. The maximum atomic E-state index is 12.9. The van der Waals surface area contributed by atoms with Crippen molar-refractivity contribution in [2.24, 2.45) is 0 Å². The molecule has 0 aliphatic rings. The molecular weight excluding hydrogens is 313 g/mol. The molecule has 1 atom stereocenters. The molecule has 0 unspecified atom stereocenters. The lowest BCUT2D eigenvalue weighted by Crippen LogP contribution is -2.27. The third-order valence-corrected chi connectivity index (χ3v) is 3.68. The van der Waals surface area contributed by atoms with Gasteiger partial charge in [0.05, 0.1) is 0 Å². The molecule has 1 heterocycles. The summed E-state index contributed by atoms with van der Waals surface area (Å²) in [6, 6.07) is 5.65. The van der Waals surface area contributed by atoms with Crippen LogP contribution in [0, 0.1) is 5.82 Å². The zero-order valence-corrected chi connectivity index (χ0v) is 13.6. The summed E-state index contributed by atoms with van der Waals surface area (Å²) in [4.78, 5) is 30.6. The van der Waals surface area contributed by atoms with Crippen LogP contribution in [0.25, 0.3) is 0 Å². The van der Waals surface area contributed by atoms with Gasteiger partial charge in [0.1, 0.15) is 11.6 Å². The van der Waals surface area contributed by atoms with Crippen LogP contribution in [0.2, 0.25) is 0 Å². The Morgan fingerprint density at radius 1 is 1.38 bits per heavy atom. The molecule has 0 spiro atoms. The van der Waals surface area contributed by atoms with Crippen molar-refractivity contribution in [3.8, 4) is 5.75 Å². The lowest BCUT2D eigenvalue weighted by Gasteiger charge is -2.12. The smallest absolute Gasteiger partial charge is 0.293 e. The number of nitrogens with zero attached hydrogens (tertiary/aromatic N) is 1. The molecule has 0 saturated heterocycles. The highest BCUT2D eigenvalue weighted by molar-refractivity contribution is 5.94. The van der Waals surface area contributed by atoms with E-state index in [1.54, 1.807) is 0 Å². The van der Waals surface area contributed by atoms with Crippen molar-refractivity contribution in [3.63, 3.8) is 0 Å². The van der Waals surface area contributed by atoms with Crippen molar-refractivity contribution in [2.45, 2.75) is 39.2 Å². The number of hydrogen-bond acceptors (Lipinski definition) is 4. The Morgan fingerprint density at radius 2 is 2.04 bits per heavy atom. The normalized spacial score (nSPS) is 12.0.